The number of hydrogen-bond donors (Lipinski definition) is 1. The maximum atomic E-state index is 12.7. The third-order valence-corrected chi connectivity index (χ3v) is 7.36. The Bertz CT molecular complexity index is 1680. The van der Waals surface area contributed by atoms with E-state index in [-0.39, 0.29) is 10.9 Å². The fourth-order valence-corrected chi connectivity index (χ4v) is 5.35. The van der Waals surface area contributed by atoms with E-state index >= 15 is 0 Å². The van der Waals surface area contributed by atoms with Crippen LogP contribution < -0.4 is 33.7 Å². The lowest BCUT2D eigenvalue weighted by molar-refractivity contribution is -0.274. The maximum Gasteiger partial charge on any atom is 0.573 e. The standard InChI is InChI=1S/C29H26F3N3O8S/c1-37-20-8-5-15(21-13-19(35-43-21)16-10-23(38-2)27(40-4)24(11-16)39-3)9-22(20)41-14-26(36)34-28-33-18-7-6-17(12-25(18)44-28)42-29(30,31)32/h5-12,21H,13-14H2,1-4H3,(H,33,34,36). The summed E-state index contributed by atoms with van der Waals surface area (Å²) in [5.74, 6) is 1.20. The number of nitrogens with one attached hydrogen (secondary N) is 1. The minimum atomic E-state index is -4.82. The third-order valence-electron chi connectivity index (χ3n) is 6.42. The lowest BCUT2D eigenvalue weighted by Crippen LogP contribution is -2.20. The van der Waals surface area contributed by atoms with Gasteiger partial charge in [-0.05, 0) is 42.0 Å². The minimum Gasteiger partial charge on any atom is -0.493 e. The van der Waals surface area contributed by atoms with Crippen LogP contribution in [0, 0.1) is 0 Å². The van der Waals surface area contributed by atoms with Gasteiger partial charge in [-0.2, -0.15) is 0 Å². The largest absolute Gasteiger partial charge is 0.573 e. The second-order valence-electron chi connectivity index (χ2n) is 9.19. The number of methoxy groups -OCH3 is 4. The second-order valence-corrected chi connectivity index (χ2v) is 10.2. The Morgan fingerprint density at radius 3 is 2.34 bits per heavy atom. The summed E-state index contributed by atoms with van der Waals surface area (Å²) in [4.78, 5) is 22.6. The second kappa shape index (κ2) is 12.8. The van der Waals surface area contributed by atoms with Crippen LogP contribution >= 0.6 is 11.3 Å². The molecule has 0 bridgehead atoms. The summed E-state index contributed by atoms with van der Waals surface area (Å²) in [5, 5.41) is 7.05. The minimum absolute atomic E-state index is 0.189. The average Bonchev–Trinajstić information content (AvgIpc) is 3.65. The van der Waals surface area contributed by atoms with Crippen LogP contribution in [0.3, 0.4) is 0 Å². The molecule has 11 nitrogen and oxygen atoms in total. The zero-order valence-electron chi connectivity index (χ0n) is 23.8. The number of aromatic nitrogens is 1. The van der Waals surface area contributed by atoms with Crippen LogP contribution in [-0.4, -0.2) is 58.0 Å². The van der Waals surface area contributed by atoms with Gasteiger partial charge in [0.1, 0.15) is 5.75 Å². The van der Waals surface area contributed by atoms with E-state index in [0.29, 0.717) is 51.1 Å². The molecule has 0 saturated heterocycles. The molecule has 2 heterocycles. The number of alkyl halides is 3. The number of benzene rings is 3. The first-order chi connectivity index (χ1) is 21.1. The van der Waals surface area contributed by atoms with Gasteiger partial charge in [0.2, 0.25) is 5.75 Å². The number of oxime groups is 1. The highest BCUT2D eigenvalue weighted by atomic mass is 32.1. The average molecular weight is 634 g/mol. The Morgan fingerprint density at radius 2 is 1.68 bits per heavy atom. The van der Waals surface area contributed by atoms with E-state index < -0.39 is 25.0 Å². The van der Waals surface area contributed by atoms with Gasteiger partial charge in [0.25, 0.3) is 5.91 Å². The SMILES string of the molecule is COc1ccc(C2CC(c3cc(OC)c(OC)c(OC)c3)=NO2)cc1OCC(=O)Nc1nc2ccc(OC(F)(F)F)cc2s1. The molecule has 0 aliphatic carbocycles. The van der Waals surface area contributed by atoms with Gasteiger partial charge in [0, 0.05) is 18.1 Å². The van der Waals surface area contributed by atoms with Gasteiger partial charge >= 0.3 is 6.36 Å². The molecule has 1 amide bonds. The van der Waals surface area contributed by atoms with Gasteiger partial charge in [0.05, 0.1) is 44.4 Å². The normalized spacial score (nSPS) is 14.4. The molecule has 0 spiro atoms. The van der Waals surface area contributed by atoms with Gasteiger partial charge < -0.3 is 33.3 Å². The molecule has 44 heavy (non-hydrogen) atoms. The molecule has 232 valence electrons. The number of anilines is 1. The topological polar surface area (TPSA) is 119 Å². The third kappa shape index (κ3) is 6.83. The molecule has 0 saturated carbocycles. The van der Waals surface area contributed by atoms with Gasteiger partial charge in [-0.1, -0.05) is 22.6 Å². The highest BCUT2D eigenvalue weighted by molar-refractivity contribution is 7.22. The van der Waals surface area contributed by atoms with Crippen molar-refractivity contribution in [3.05, 3.63) is 59.7 Å². The number of carbonyl (C=O) groups excluding carboxylic acids is 1. The molecule has 3 aromatic carbocycles. The Hall–Kier alpha value is -4.92. The Morgan fingerprint density at radius 1 is 0.955 bits per heavy atom. The van der Waals surface area contributed by atoms with Crippen molar-refractivity contribution in [2.24, 2.45) is 5.16 Å². The van der Waals surface area contributed by atoms with Crippen LogP contribution in [0.4, 0.5) is 18.3 Å². The van der Waals surface area contributed by atoms with Crippen LogP contribution in [0.15, 0.2) is 53.7 Å². The molecule has 1 atom stereocenters. The van der Waals surface area contributed by atoms with E-state index in [1.165, 1.54) is 40.6 Å². The predicted molar refractivity (Wildman–Crippen MR) is 154 cm³/mol. The molecule has 1 aliphatic heterocycles. The van der Waals surface area contributed by atoms with E-state index in [2.05, 4.69) is 20.2 Å². The summed E-state index contributed by atoms with van der Waals surface area (Å²) in [6, 6.07) is 12.5. The van der Waals surface area contributed by atoms with Crippen LogP contribution in [-0.2, 0) is 9.63 Å². The first-order valence-corrected chi connectivity index (χ1v) is 13.7. The van der Waals surface area contributed by atoms with Gasteiger partial charge in [0.15, 0.2) is 40.8 Å². The fourth-order valence-electron chi connectivity index (χ4n) is 4.43. The molecule has 1 aliphatic rings. The zero-order chi connectivity index (χ0) is 31.4. The quantitative estimate of drug-likeness (QED) is 0.209. The van der Waals surface area contributed by atoms with E-state index in [1.54, 1.807) is 24.3 Å². The lowest BCUT2D eigenvalue weighted by Gasteiger charge is -2.15. The summed E-state index contributed by atoms with van der Waals surface area (Å²) in [5.41, 5.74) is 2.54. The van der Waals surface area contributed by atoms with Crippen molar-refractivity contribution >= 4 is 38.3 Å². The van der Waals surface area contributed by atoms with Crippen molar-refractivity contribution in [3.8, 4) is 34.5 Å². The number of hydrogen-bond acceptors (Lipinski definition) is 11. The van der Waals surface area contributed by atoms with Crippen molar-refractivity contribution in [2.45, 2.75) is 18.9 Å². The number of carbonyl (C=O) groups is 1. The Labute approximate surface area is 253 Å². The smallest absolute Gasteiger partial charge is 0.493 e. The van der Waals surface area contributed by atoms with Crippen molar-refractivity contribution in [1.82, 2.24) is 4.98 Å². The van der Waals surface area contributed by atoms with E-state index in [0.717, 1.165) is 28.5 Å². The summed E-state index contributed by atoms with van der Waals surface area (Å²) in [6.45, 7) is -0.392. The number of thiazole rings is 1. The molecule has 4 aromatic rings. The predicted octanol–water partition coefficient (Wildman–Crippen LogP) is 6.11. The first kappa shape index (κ1) is 30.5. The molecule has 1 N–H and O–H groups in total. The fraction of sp³-hybridized carbons (Fsp3) is 0.276. The van der Waals surface area contributed by atoms with E-state index in [4.69, 9.17) is 28.5 Å². The van der Waals surface area contributed by atoms with E-state index in [9.17, 15) is 18.0 Å². The number of fused-ring (bicyclic) bond motifs is 1. The Balaban J connectivity index is 1.24. The van der Waals surface area contributed by atoms with Crippen molar-refractivity contribution in [3.63, 3.8) is 0 Å². The molecule has 5 rings (SSSR count). The van der Waals surface area contributed by atoms with Crippen LogP contribution in [0.25, 0.3) is 10.2 Å². The molecule has 15 heteroatoms. The number of ether oxygens (including phenoxy) is 6. The van der Waals surface area contributed by atoms with Gasteiger partial charge in [-0.25, -0.2) is 4.98 Å². The highest BCUT2D eigenvalue weighted by Gasteiger charge is 2.31. The van der Waals surface area contributed by atoms with Crippen molar-refractivity contribution in [2.75, 3.05) is 40.4 Å². The van der Waals surface area contributed by atoms with Crippen LogP contribution in [0.1, 0.15) is 23.7 Å². The summed E-state index contributed by atoms with van der Waals surface area (Å²) < 4.78 is 69.4. The summed E-state index contributed by atoms with van der Waals surface area (Å²) >= 11 is 0.997. The molecule has 0 fully saturated rings. The molecule has 1 unspecified atom stereocenters. The number of halogens is 3. The number of nitrogens with zero attached hydrogens (tertiary/aromatic N) is 2. The maximum absolute atomic E-state index is 12.7. The van der Waals surface area contributed by atoms with Crippen LogP contribution in [0.2, 0.25) is 0 Å². The van der Waals surface area contributed by atoms with Crippen molar-refractivity contribution < 1.29 is 51.2 Å². The zero-order valence-corrected chi connectivity index (χ0v) is 24.6. The van der Waals surface area contributed by atoms with E-state index in [1.807, 2.05) is 6.07 Å². The summed E-state index contributed by atoms with van der Waals surface area (Å²) in [7, 11) is 6.05. The number of rotatable bonds is 11. The molecule has 0 radical (unpaired) electrons. The molecular weight excluding hydrogens is 607 g/mol. The van der Waals surface area contributed by atoms with Gasteiger partial charge in [-0.3, -0.25) is 10.1 Å². The lowest BCUT2D eigenvalue weighted by atomic mass is 9.99. The monoisotopic (exact) mass is 633 g/mol. The van der Waals surface area contributed by atoms with Crippen LogP contribution in [0.5, 0.6) is 34.5 Å². The highest BCUT2D eigenvalue weighted by Crippen LogP contribution is 2.41. The first-order valence-electron chi connectivity index (χ1n) is 12.9. The number of amides is 1. The molecular formula is C29H26F3N3O8S. The molecule has 1 aromatic heterocycles. The Kier molecular flexibility index (Phi) is 8.85. The van der Waals surface area contributed by atoms with Gasteiger partial charge in [-0.15, -0.1) is 13.2 Å². The van der Waals surface area contributed by atoms with Crippen molar-refractivity contribution in [1.29, 1.82) is 0 Å². The summed E-state index contributed by atoms with van der Waals surface area (Å²) in [6.07, 6.45) is -4.83.